The Bertz CT molecular complexity index is 1010. The first-order chi connectivity index (χ1) is 14.3. The van der Waals surface area contributed by atoms with Gasteiger partial charge in [-0.2, -0.15) is 0 Å². The number of thioether (sulfide) groups is 1. The van der Waals surface area contributed by atoms with E-state index in [1.807, 2.05) is 11.8 Å². The largest absolute Gasteiger partial charge is 0.335 e. The first-order valence-electron chi connectivity index (χ1n) is 10.5. The van der Waals surface area contributed by atoms with Gasteiger partial charge >= 0.3 is 0 Å². The van der Waals surface area contributed by atoms with E-state index in [4.69, 9.17) is 0 Å². The molecule has 0 amide bonds. The average molecular weight is 515 g/mol. The molecule has 0 fully saturated rings. The summed E-state index contributed by atoms with van der Waals surface area (Å²) in [5.74, 6) is 0. The van der Waals surface area contributed by atoms with Gasteiger partial charge in [0.15, 0.2) is 6.20 Å². The van der Waals surface area contributed by atoms with E-state index in [9.17, 15) is 0 Å². The van der Waals surface area contributed by atoms with Gasteiger partial charge in [0, 0.05) is 23.6 Å². The molecule has 0 bridgehead atoms. The highest BCUT2D eigenvalue weighted by molar-refractivity contribution is 14.1. The Morgan fingerprint density at radius 1 is 0.931 bits per heavy atom. The van der Waals surface area contributed by atoms with E-state index in [2.05, 4.69) is 106 Å². The van der Waals surface area contributed by atoms with Crippen molar-refractivity contribution in [1.29, 1.82) is 0 Å². The molecule has 0 radical (unpaired) electrons. The topological polar surface area (TPSA) is 7.12 Å². The number of benzene rings is 2. The summed E-state index contributed by atoms with van der Waals surface area (Å²) in [5, 5.41) is 2.65. The van der Waals surface area contributed by atoms with Gasteiger partial charge < -0.3 is 4.90 Å². The molecule has 29 heavy (non-hydrogen) atoms. The number of aromatic nitrogens is 1. The van der Waals surface area contributed by atoms with Crippen molar-refractivity contribution in [1.82, 2.24) is 0 Å². The van der Waals surface area contributed by atoms with Crippen molar-refractivity contribution in [3.8, 4) is 0 Å². The van der Waals surface area contributed by atoms with Gasteiger partial charge in [0.2, 0.25) is 5.52 Å². The maximum absolute atomic E-state index is 2.53. The molecule has 1 aliphatic rings. The minimum atomic E-state index is 1.10. The smallest absolute Gasteiger partial charge is 0.212 e. The van der Waals surface area contributed by atoms with E-state index in [-0.39, 0.29) is 0 Å². The van der Waals surface area contributed by atoms with Gasteiger partial charge in [-0.25, -0.2) is 4.57 Å². The van der Waals surface area contributed by atoms with Crippen molar-refractivity contribution >= 4 is 57.0 Å². The lowest BCUT2D eigenvalue weighted by molar-refractivity contribution is -0.644. The molecule has 1 aromatic heterocycles. The number of nitrogens with zero attached hydrogens (tertiary/aromatic N) is 2. The van der Waals surface area contributed by atoms with Crippen LogP contribution in [-0.4, -0.2) is 11.0 Å². The molecule has 2 nitrogen and oxygen atoms in total. The lowest BCUT2D eigenvalue weighted by atomic mass is 10.1. The lowest BCUT2D eigenvalue weighted by Gasteiger charge is -2.20. The number of hydrogen-bond donors (Lipinski definition) is 0. The maximum Gasteiger partial charge on any atom is 0.212 e. The van der Waals surface area contributed by atoms with Crippen molar-refractivity contribution in [2.75, 3.05) is 15.9 Å². The molecule has 2 aromatic carbocycles. The predicted molar refractivity (Wildman–Crippen MR) is 135 cm³/mol. The molecule has 0 unspecified atom stereocenters. The standard InChI is InChI=1S/C25H28IN2S/c1-27-18-15-20(21-11-5-6-12-22(21)27)19-25-28(17-10-4-2-3-9-16-26)23-13-7-8-14-24(23)29-25/h5-8,11-15,18-19H,2-4,9-10,16-17H2,1H3/q+1. The number of anilines is 1. The molecule has 4 rings (SSSR count). The Morgan fingerprint density at radius 3 is 2.59 bits per heavy atom. The number of hydrogen-bond acceptors (Lipinski definition) is 2. The van der Waals surface area contributed by atoms with Crippen molar-refractivity contribution in [2.45, 2.75) is 37.0 Å². The number of halogens is 1. The van der Waals surface area contributed by atoms with Crippen LogP contribution in [-0.2, 0) is 7.05 Å². The molecule has 0 atom stereocenters. The molecular formula is C25H28IN2S+. The van der Waals surface area contributed by atoms with E-state index in [1.165, 1.54) is 68.6 Å². The summed E-state index contributed by atoms with van der Waals surface area (Å²) < 4.78 is 3.48. The SMILES string of the molecule is C[n+]1ccc(/C=C2\Sc3ccccc3N2CCCCCCCI)c2ccccc21. The van der Waals surface area contributed by atoms with E-state index < -0.39 is 0 Å². The Labute approximate surface area is 192 Å². The van der Waals surface area contributed by atoms with Crippen molar-refractivity contribution in [2.24, 2.45) is 7.05 Å². The summed E-state index contributed by atoms with van der Waals surface area (Å²) >= 11 is 4.38. The predicted octanol–water partition coefficient (Wildman–Crippen LogP) is 6.96. The molecule has 1 aliphatic heterocycles. The van der Waals surface area contributed by atoms with Gasteiger partial charge in [-0.05, 0) is 47.1 Å². The van der Waals surface area contributed by atoms with E-state index in [0.717, 1.165) is 6.54 Å². The van der Waals surface area contributed by atoms with Gasteiger partial charge in [0.25, 0.3) is 0 Å². The molecule has 4 heteroatoms. The number of unbranched alkanes of at least 4 members (excludes halogenated alkanes) is 4. The van der Waals surface area contributed by atoms with Gasteiger partial charge in [-0.15, -0.1) is 0 Å². The fraction of sp³-hybridized carbons (Fsp3) is 0.320. The quantitative estimate of drug-likeness (QED) is 0.139. The molecule has 150 valence electrons. The molecular weight excluding hydrogens is 487 g/mol. The first-order valence-corrected chi connectivity index (χ1v) is 12.8. The van der Waals surface area contributed by atoms with Gasteiger partial charge in [-0.3, -0.25) is 0 Å². The maximum atomic E-state index is 2.53. The van der Waals surface area contributed by atoms with Gasteiger partial charge in [-0.1, -0.05) is 77.9 Å². The molecule has 0 saturated carbocycles. The van der Waals surface area contributed by atoms with Crippen LogP contribution in [0.25, 0.3) is 17.0 Å². The number of para-hydroxylation sites is 2. The van der Waals surface area contributed by atoms with Crippen LogP contribution in [0.3, 0.4) is 0 Å². The number of rotatable bonds is 8. The zero-order valence-electron chi connectivity index (χ0n) is 17.0. The zero-order valence-corrected chi connectivity index (χ0v) is 20.0. The molecule has 3 aromatic rings. The summed E-state index contributed by atoms with van der Waals surface area (Å²) in [6.07, 6.45) is 11.2. The Balaban J connectivity index is 1.59. The van der Waals surface area contributed by atoms with Crippen LogP contribution in [0.5, 0.6) is 0 Å². The van der Waals surface area contributed by atoms with Crippen LogP contribution >= 0.6 is 34.4 Å². The normalized spacial score (nSPS) is 14.7. The molecule has 0 aliphatic carbocycles. The number of aryl methyl sites for hydroxylation is 1. The summed E-state index contributed by atoms with van der Waals surface area (Å²) in [6, 6.07) is 19.7. The Hall–Kier alpha value is -1.53. The molecule has 0 N–H and O–H groups in total. The second-order valence-electron chi connectivity index (χ2n) is 7.56. The van der Waals surface area contributed by atoms with Crippen LogP contribution in [0.1, 0.15) is 37.7 Å². The molecule has 0 spiro atoms. The average Bonchev–Trinajstić information content (AvgIpc) is 3.10. The summed E-state index contributed by atoms with van der Waals surface area (Å²) in [4.78, 5) is 3.90. The Morgan fingerprint density at radius 2 is 1.69 bits per heavy atom. The third-order valence-electron chi connectivity index (χ3n) is 5.50. The monoisotopic (exact) mass is 515 g/mol. The second kappa shape index (κ2) is 9.98. The number of pyridine rings is 1. The third kappa shape index (κ3) is 4.80. The molecule has 0 saturated heterocycles. The van der Waals surface area contributed by atoms with Crippen molar-refractivity contribution in [3.63, 3.8) is 0 Å². The third-order valence-corrected chi connectivity index (χ3v) is 7.38. The van der Waals surface area contributed by atoms with E-state index in [1.54, 1.807) is 0 Å². The van der Waals surface area contributed by atoms with Crippen LogP contribution in [0.15, 0.2) is 70.7 Å². The highest BCUT2D eigenvalue weighted by Crippen LogP contribution is 2.46. The minimum absolute atomic E-state index is 1.10. The van der Waals surface area contributed by atoms with Crippen LogP contribution < -0.4 is 9.47 Å². The lowest BCUT2D eigenvalue weighted by Crippen LogP contribution is -2.28. The van der Waals surface area contributed by atoms with E-state index in [0.29, 0.717) is 0 Å². The summed E-state index contributed by atoms with van der Waals surface area (Å²) in [5.41, 5.74) is 3.92. The fourth-order valence-electron chi connectivity index (χ4n) is 3.93. The number of alkyl halides is 1. The summed E-state index contributed by atoms with van der Waals surface area (Å²) in [6.45, 7) is 1.10. The number of fused-ring (bicyclic) bond motifs is 2. The van der Waals surface area contributed by atoms with Gasteiger partial charge in [0.1, 0.15) is 7.05 Å². The summed E-state index contributed by atoms with van der Waals surface area (Å²) in [7, 11) is 2.11. The minimum Gasteiger partial charge on any atom is -0.335 e. The van der Waals surface area contributed by atoms with Crippen LogP contribution in [0.4, 0.5) is 5.69 Å². The second-order valence-corrected chi connectivity index (χ2v) is 9.70. The molecule has 2 heterocycles. The zero-order chi connectivity index (χ0) is 20.1. The van der Waals surface area contributed by atoms with Gasteiger partial charge in [0.05, 0.1) is 16.1 Å². The Kier molecular flexibility index (Phi) is 7.14. The van der Waals surface area contributed by atoms with Crippen LogP contribution in [0.2, 0.25) is 0 Å². The first kappa shape index (κ1) is 20.7. The fourth-order valence-corrected chi connectivity index (χ4v) is 5.61. The van der Waals surface area contributed by atoms with Crippen LogP contribution in [0, 0.1) is 0 Å². The highest BCUT2D eigenvalue weighted by Gasteiger charge is 2.24. The van der Waals surface area contributed by atoms with Crippen molar-refractivity contribution in [3.05, 3.63) is 71.4 Å². The van der Waals surface area contributed by atoms with E-state index >= 15 is 0 Å². The highest BCUT2D eigenvalue weighted by atomic mass is 127. The van der Waals surface area contributed by atoms with Crippen molar-refractivity contribution < 1.29 is 4.57 Å².